The van der Waals surface area contributed by atoms with Crippen molar-refractivity contribution in [1.29, 1.82) is 0 Å². The van der Waals surface area contributed by atoms with Crippen LogP contribution in [0.25, 0.3) is 11.0 Å². The van der Waals surface area contributed by atoms with Crippen LogP contribution in [-0.4, -0.2) is 36.0 Å². The van der Waals surface area contributed by atoms with E-state index in [-0.39, 0.29) is 12.4 Å². The summed E-state index contributed by atoms with van der Waals surface area (Å²) in [5.41, 5.74) is 1.70. The maximum absolute atomic E-state index is 12.6. The lowest BCUT2D eigenvalue weighted by Crippen LogP contribution is -2.33. The zero-order chi connectivity index (χ0) is 19.7. The number of hydrogen-bond donors (Lipinski definition) is 0. The molecule has 0 saturated heterocycles. The standard InChI is InChI=1S/C21H17NO6/c1-2-26-11-16-13-7-5-6-10-17(13)28-18(16)21(25)27-12-22-19(23)14-8-3-4-9-15(14)20(22)24/h3-10H,2,11-12H2,1H3. The van der Waals surface area contributed by atoms with Crippen LogP contribution in [-0.2, 0) is 16.1 Å². The first kappa shape index (κ1) is 17.9. The van der Waals surface area contributed by atoms with E-state index >= 15 is 0 Å². The van der Waals surface area contributed by atoms with Gasteiger partial charge in [0.05, 0.1) is 17.7 Å². The van der Waals surface area contributed by atoms with Crippen LogP contribution in [0, 0.1) is 0 Å². The summed E-state index contributed by atoms with van der Waals surface area (Å²) >= 11 is 0. The lowest BCUT2D eigenvalue weighted by atomic mass is 10.1. The van der Waals surface area contributed by atoms with Crippen molar-refractivity contribution in [3.8, 4) is 0 Å². The van der Waals surface area contributed by atoms with E-state index in [2.05, 4.69) is 0 Å². The van der Waals surface area contributed by atoms with Crippen molar-refractivity contribution in [1.82, 2.24) is 4.90 Å². The Hall–Kier alpha value is -3.45. The maximum Gasteiger partial charge on any atom is 0.376 e. The number of rotatable bonds is 6. The lowest BCUT2D eigenvalue weighted by molar-refractivity contribution is 0.0201. The summed E-state index contributed by atoms with van der Waals surface area (Å²) in [5.74, 6) is -1.74. The van der Waals surface area contributed by atoms with Crippen LogP contribution in [0.5, 0.6) is 0 Å². The molecule has 1 aromatic heterocycles. The Kier molecular flexibility index (Phi) is 4.67. The molecule has 0 spiro atoms. The molecule has 0 unspecified atom stereocenters. The number of carbonyl (C=O) groups is 3. The maximum atomic E-state index is 12.6. The average Bonchev–Trinajstić information content (AvgIpc) is 3.21. The third-order valence-electron chi connectivity index (χ3n) is 4.54. The fourth-order valence-corrected chi connectivity index (χ4v) is 3.16. The first-order valence-corrected chi connectivity index (χ1v) is 8.82. The van der Waals surface area contributed by atoms with Gasteiger partial charge < -0.3 is 13.9 Å². The number of fused-ring (bicyclic) bond motifs is 2. The van der Waals surface area contributed by atoms with Crippen molar-refractivity contribution < 1.29 is 28.3 Å². The molecule has 3 aromatic rings. The summed E-state index contributed by atoms with van der Waals surface area (Å²) in [4.78, 5) is 38.3. The van der Waals surface area contributed by atoms with Crippen LogP contribution < -0.4 is 0 Å². The van der Waals surface area contributed by atoms with E-state index in [1.54, 1.807) is 36.4 Å². The molecule has 0 fully saturated rings. The van der Waals surface area contributed by atoms with Crippen LogP contribution in [0.1, 0.15) is 43.8 Å². The number of nitrogens with zero attached hydrogens (tertiary/aromatic N) is 1. The van der Waals surface area contributed by atoms with Gasteiger partial charge >= 0.3 is 5.97 Å². The minimum Gasteiger partial charge on any atom is -0.449 e. The highest BCUT2D eigenvalue weighted by molar-refractivity contribution is 6.21. The van der Waals surface area contributed by atoms with Gasteiger partial charge in [-0.3, -0.25) is 9.59 Å². The number of esters is 1. The molecule has 1 aliphatic rings. The second-order valence-corrected chi connectivity index (χ2v) is 6.19. The number of para-hydroxylation sites is 1. The van der Waals surface area contributed by atoms with E-state index in [0.717, 1.165) is 10.3 Å². The Bertz CT molecular complexity index is 1050. The molecular weight excluding hydrogens is 362 g/mol. The summed E-state index contributed by atoms with van der Waals surface area (Å²) in [6, 6.07) is 13.7. The molecule has 28 heavy (non-hydrogen) atoms. The largest absolute Gasteiger partial charge is 0.449 e. The SMILES string of the molecule is CCOCc1c(C(=O)OCN2C(=O)c3ccccc3C2=O)oc2ccccc12. The van der Waals surface area contributed by atoms with E-state index in [0.29, 0.717) is 28.9 Å². The van der Waals surface area contributed by atoms with E-state index in [1.165, 1.54) is 0 Å². The molecule has 7 heteroatoms. The third kappa shape index (κ3) is 2.95. The monoisotopic (exact) mass is 379 g/mol. The normalized spacial score (nSPS) is 13.2. The van der Waals surface area contributed by atoms with Crippen molar-refractivity contribution in [2.75, 3.05) is 13.3 Å². The Morgan fingerprint density at radius 2 is 1.64 bits per heavy atom. The van der Waals surface area contributed by atoms with Gasteiger partial charge in [-0.2, -0.15) is 0 Å². The van der Waals surface area contributed by atoms with Crippen LogP contribution in [0.3, 0.4) is 0 Å². The summed E-state index contributed by atoms with van der Waals surface area (Å²) in [7, 11) is 0. The number of furan rings is 1. The van der Waals surface area contributed by atoms with E-state index < -0.39 is 24.5 Å². The Balaban J connectivity index is 1.55. The summed E-state index contributed by atoms with van der Waals surface area (Å²) in [5, 5.41) is 0.753. The molecule has 1 aliphatic heterocycles. The number of ether oxygens (including phenoxy) is 2. The molecule has 0 aliphatic carbocycles. The van der Waals surface area contributed by atoms with Crippen molar-refractivity contribution >= 4 is 28.8 Å². The van der Waals surface area contributed by atoms with Gasteiger partial charge in [0.2, 0.25) is 5.76 Å². The second-order valence-electron chi connectivity index (χ2n) is 6.19. The number of benzene rings is 2. The molecule has 142 valence electrons. The second kappa shape index (κ2) is 7.28. The Morgan fingerprint density at radius 1 is 1.00 bits per heavy atom. The highest BCUT2D eigenvalue weighted by atomic mass is 16.6. The molecule has 2 amide bonds. The van der Waals surface area contributed by atoms with Crippen molar-refractivity contribution in [2.45, 2.75) is 13.5 Å². The van der Waals surface area contributed by atoms with Gasteiger partial charge in [0.1, 0.15) is 5.58 Å². The van der Waals surface area contributed by atoms with Gasteiger partial charge in [-0.1, -0.05) is 30.3 Å². The first-order chi connectivity index (χ1) is 13.6. The van der Waals surface area contributed by atoms with E-state index in [9.17, 15) is 14.4 Å². The van der Waals surface area contributed by atoms with Gasteiger partial charge in [0.25, 0.3) is 11.8 Å². The topological polar surface area (TPSA) is 86.0 Å². The quantitative estimate of drug-likeness (QED) is 0.482. The van der Waals surface area contributed by atoms with Crippen LogP contribution >= 0.6 is 0 Å². The van der Waals surface area contributed by atoms with E-state index in [4.69, 9.17) is 13.9 Å². The predicted molar refractivity (Wildman–Crippen MR) is 98.8 cm³/mol. The Morgan fingerprint density at radius 3 is 2.32 bits per heavy atom. The minimum atomic E-state index is -0.762. The van der Waals surface area contributed by atoms with Gasteiger partial charge in [0.15, 0.2) is 6.73 Å². The predicted octanol–water partition coefficient (Wildman–Crippen LogP) is 3.38. The minimum absolute atomic E-state index is 0.00580. The number of hydrogen-bond acceptors (Lipinski definition) is 6. The molecular formula is C21H17NO6. The zero-order valence-electron chi connectivity index (χ0n) is 15.1. The van der Waals surface area contributed by atoms with Crippen molar-refractivity contribution in [2.24, 2.45) is 0 Å². The number of carbonyl (C=O) groups excluding carboxylic acids is 3. The van der Waals surface area contributed by atoms with Crippen molar-refractivity contribution in [3.05, 3.63) is 71.0 Å². The Labute approximate surface area is 160 Å². The summed E-state index contributed by atoms with van der Waals surface area (Å²) in [6.07, 6.45) is 0. The molecule has 0 saturated carbocycles. The molecule has 2 heterocycles. The van der Waals surface area contributed by atoms with Crippen molar-refractivity contribution in [3.63, 3.8) is 0 Å². The lowest BCUT2D eigenvalue weighted by Gasteiger charge is -2.13. The van der Waals surface area contributed by atoms with Crippen LogP contribution in [0.4, 0.5) is 0 Å². The van der Waals surface area contributed by atoms with Gasteiger partial charge in [0, 0.05) is 17.6 Å². The summed E-state index contributed by atoms with van der Waals surface area (Å²) in [6.45, 7) is 2.02. The molecule has 0 N–H and O–H groups in total. The van der Waals surface area contributed by atoms with Crippen LogP contribution in [0.2, 0.25) is 0 Å². The smallest absolute Gasteiger partial charge is 0.376 e. The molecule has 0 atom stereocenters. The molecule has 4 rings (SSSR count). The fourth-order valence-electron chi connectivity index (χ4n) is 3.16. The van der Waals surface area contributed by atoms with Crippen LogP contribution in [0.15, 0.2) is 52.9 Å². The molecule has 0 radical (unpaired) electrons. The number of amides is 2. The zero-order valence-corrected chi connectivity index (χ0v) is 15.1. The highest BCUT2D eigenvalue weighted by Crippen LogP contribution is 2.28. The first-order valence-electron chi connectivity index (χ1n) is 8.82. The summed E-state index contributed by atoms with van der Waals surface area (Å²) < 4.78 is 16.3. The fraction of sp³-hybridized carbons (Fsp3) is 0.190. The van der Waals surface area contributed by atoms with E-state index in [1.807, 2.05) is 19.1 Å². The average molecular weight is 379 g/mol. The number of imide groups is 1. The van der Waals surface area contributed by atoms with Gasteiger partial charge in [-0.05, 0) is 25.1 Å². The molecule has 0 bridgehead atoms. The highest BCUT2D eigenvalue weighted by Gasteiger charge is 2.36. The van der Waals surface area contributed by atoms with Gasteiger partial charge in [-0.15, -0.1) is 0 Å². The third-order valence-corrected chi connectivity index (χ3v) is 4.54. The van der Waals surface area contributed by atoms with Gasteiger partial charge in [-0.25, -0.2) is 9.69 Å². The molecule has 7 nitrogen and oxygen atoms in total. The molecule has 2 aromatic carbocycles.